The minimum absolute atomic E-state index is 0.138. The van der Waals surface area contributed by atoms with E-state index in [0.29, 0.717) is 0 Å². The third-order valence-electron chi connectivity index (χ3n) is 15.7. The van der Waals surface area contributed by atoms with Crippen molar-refractivity contribution in [1.29, 1.82) is 0 Å². The minimum Gasteiger partial charge on any atom is -0.456 e. The monoisotopic (exact) mass is 881 g/mol. The van der Waals surface area contributed by atoms with Crippen molar-refractivity contribution >= 4 is 60.5 Å². The maximum absolute atomic E-state index is 7.19. The molecule has 12 aromatic rings. The summed E-state index contributed by atoms with van der Waals surface area (Å²) in [6.45, 7) is 4.70. The Morgan fingerprint density at radius 3 is 1.68 bits per heavy atom. The Hall–Kier alpha value is -8.66. The normalized spacial score (nSPS) is 14.3. The molecule has 2 heterocycles. The molecule has 1 aliphatic heterocycles. The SMILES string of the molecule is CC1(C)c2ccccc2-c2c(N(c3ccc(-c4ccc5c(c4)-c4ccccc4C54c5ccc6ccccc6c5Oc5c4ccc4ccccc54)cc3)c3ccc4c(c3)oc3ccccc34)cccc21. The second-order valence-corrected chi connectivity index (χ2v) is 19.5. The molecule has 0 N–H and O–H groups in total. The number of para-hydroxylation sites is 1. The number of hydrogen-bond acceptors (Lipinski definition) is 3. The second-order valence-electron chi connectivity index (χ2n) is 19.5. The topological polar surface area (TPSA) is 25.6 Å². The Bertz CT molecular complexity index is 4070. The number of fused-ring (bicyclic) bond motifs is 19. The number of hydrogen-bond donors (Lipinski definition) is 0. The molecule has 0 radical (unpaired) electrons. The van der Waals surface area contributed by atoms with Crippen LogP contribution in [0.25, 0.3) is 76.9 Å². The lowest BCUT2D eigenvalue weighted by atomic mass is 9.65. The smallest absolute Gasteiger partial charge is 0.140 e. The van der Waals surface area contributed by atoms with Gasteiger partial charge in [0, 0.05) is 61.1 Å². The third-order valence-corrected chi connectivity index (χ3v) is 15.7. The first-order chi connectivity index (χ1) is 34.0. The average Bonchev–Trinajstić information content (AvgIpc) is 4.00. The first-order valence-electron chi connectivity index (χ1n) is 24.0. The summed E-state index contributed by atoms with van der Waals surface area (Å²) < 4.78 is 13.7. The molecule has 3 heteroatoms. The molecule has 69 heavy (non-hydrogen) atoms. The highest BCUT2D eigenvalue weighted by molar-refractivity contribution is 6.07. The fraction of sp³-hybridized carbons (Fsp3) is 0.0606. The van der Waals surface area contributed by atoms with Crippen molar-refractivity contribution in [2.75, 3.05) is 4.90 Å². The van der Waals surface area contributed by atoms with E-state index in [0.717, 1.165) is 66.8 Å². The van der Waals surface area contributed by atoms with E-state index in [1.807, 2.05) is 6.07 Å². The van der Waals surface area contributed by atoms with Gasteiger partial charge in [0.1, 0.15) is 22.7 Å². The highest BCUT2D eigenvalue weighted by atomic mass is 16.5. The molecule has 0 unspecified atom stereocenters. The van der Waals surface area contributed by atoms with Crippen LogP contribution >= 0.6 is 0 Å². The summed E-state index contributed by atoms with van der Waals surface area (Å²) in [6.07, 6.45) is 0. The van der Waals surface area contributed by atoms with Gasteiger partial charge in [-0.3, -0.25) is 0 Å². The van der Waals surface area contributed by atoms with E-state index in [1.165, 1.54) is 72.0 Å². The molecule has 0 saturated heterocycles. The first-order valence-corrected chi connectivity index (χ1v) is 24.0. The van der Waals surface area contributed by atoms with Gasteiger partial charge in [-0.2, -0.15) is 0 Å². The zero-order chi connectivity index (χ0) is 45.6. The summed E-state index contributed by atoms with van der Waals surface area (Å²) in [7, 11) is 0. The molecular formula is C66H43NO2. The molecule has 0 saturated carbocycles. The maximum atomic E-state index is 7.19. The summed E-state index contributed by atoms with van der Waals surface area (Å²) in [5, 5.41) is 6.81. The summed E-state index contributed by atoms with van der Waals surface area (Å²) in [4.78, 5) is 2.42. The molecule has 0 fully saturated rings. The first kappa shape index (κ1) is 38.4. The Morgan fingerprint density at radius 1 is 0.362 bits per heavy atom. The van der Waals surface area contributed by atoms with Gasteiger partial charge in [0.15, 0.2) is 0 Å². The van der Waals surface area contributed by atoms with Gasteiger partial charge in [-0.15, -0.1) is 0 Å². The maximum Gasteiger partial charge on any atom is 0.140 e. The van der Waals surface area contributed by atoms with Crippen LogP contribution < -0.4 is 9.64 Å². The molecule has 11 aromatic carbocycles. The summed E-state index contributed by atoms with van der Waals surface area (Å²) in [5.41, 5.74) is 19.3. The van der Waals surface area contributed by atoms with Crippen LogP contribution in [0.1, 0.15) is 47.2 Å². The van der Waals surface area contributed by atoms with Crippen LogP contribution in [-0.4, -0.2) is 0 Å². The number of nitrogens with zero attached hydrogens (tertiary/aromatic N) is 1. The molecule has 0 amide bonds. The number of rotatable bonds is 4. The van der Waals surface area contributed by atoms with E-state index in [9.17, 15) is 0 Å². The van der Waals surface area contributed by atoms with Gasteiger partial charge in [-0.05, 0) is 103 Å². The quantitative estimate of drug-likeness (QED) is 0.176. The molecule has 324 valence electrons. The van der Waals surface area contributed by atoms with Crippen molar-refractivity contribution in [1.82, 2.24) is 0 Å². The fourth-order valence-corrected chi connectivity index (χ4v) is 12.6. The third kappa shape index (κ3) is 5.17. The second kappa shape index (κ2) is 13.9. The molecule has 2 aliphatic carbocycles. The Morgan fingerprint density at radius 2 is 0.928 bits per heavy atom. The van der Waals surface area contributed by atoms with Crippen molar-refractivity contribution in [3.8, 4) is 44.9 Å². The molecule has 15 rings (SSSR count). The van der Waals surface area contributed by atoms with Crippen molar-refractivity contribution in [2.45, 2.75) is 24.7 Å². The van der Waals surface area contributed by atoms with Crippen molar-refractivity contribution in [3.63, 3.8) is 0 Å². The predicted molar refractivity (Wildman–Crippen MR) is 284 cm³/mol. The summed E-state index contributed by atoms with van der Waals surface area (Å²) in [5.74, 6) is 1.86. The van der Waals surface area contributed by atoms with Crippen LogP contribution in [0.2, 0.25) is 0 Å². The molecular weight excluding hydrogens is 839 g/mol. The molecule has 1 spiro atoms. The Labute approximate surface area is 400 Å². The number of ether oxygens (including phenoxy) is 1. The standard InChI is InChI=1S/C66H43NO2/c1-65(2)53-21-10-8-20-51(53)62-56(65)23-13-24-59(62)67(45-33-34-50-49-19-9-12-25-60(49)68-61(50)39-45)44-31-26-40(27-32-44)43-30-35-55-52(38-43)48-18-7-11-22-54(48)66(55)57-36-28-41-14-3-5-16-46(41)63(57)69-64-47-17-6-4-15-42(47)29-37-58(64)66/h3-39H,1-2H3. The molecule has 3 aliphatic rings. The van der Waals surface area contributed by atoms with Gasteiger partial charge in [-0.1, -0.05) is 190 Å². The van der Waals surface area contributed by atoms with E-state index >= 15 is 0 Å². The van der Waals surface area contributed by atoms with Gasteiger partial charge in [0.25, 0.3) is 0 Å². The number of furan rings is 1. The van der Waals surface area contributed by atoms with Gasteiger partial charge >= 0.3 is 0 Å². The van der Waals surface area contributed by atoms with Crippen LogP contribution in [0.5, 0.6) is 11.5 Å². The van der Waals surface area contributed by atoms with Crippen LogP contribution in [0.3, 0.4) is 0 Å². The van der Waals surface area contributed by atoms with Crippen molar-refractivity contribution in [2.24, 2.45) is 0 Å². The van der Waals surface area contributed by atoms with Crippen LogP contribution in [0.4, 0.5) is 17.1 Å². The van der Waals surface area contributed by atoms with Crippen LogP contribution in [0.15, 0.2) is 229 Å². The molecule has 3 nitrogen and oxygen atoms in total. The molecule has 0 bridgehead atoms. The lowest BCUT2D eigenvalue weighted by Crippen LogP contribution is -2.32. The van der Waals surface area contributed by atoms with Crippen LogP contribution in [0, 0.1) is 0 Å². The summed E-state index contributed by atoms with van der Waals surface area (Å²) in [6, 6.07) is 82.4. The zero-order valence-corrected chi connectivity index (χ0v) is 38.1. The van der Waals surface area contributed by atoms with Gasteiger partial charge in [0.2, 0.25) is 0 Å². The van der Waals surface area contributed by atoms with E-state index in [1.54, 1.807) is 0 Å². The van der Waals surface area contributed by atoms with Gasteiger partial charge in [-0.25, -0.2) is 0 Å². The van der Waals surface area contributed by atoms with Crippen LogP contribution in [-0.2, 0) is 10.8 Å². The summed E-state index contributed by atoms with van der Waals surface area (Å²) >= 11 is 0. The van der Waals surface area contributed by atoms with E-state index in [-0.39, 0.29) is 5.41 Å². The average molecular weight is 882 g/mol. The van der Waals surface area contributed by atoms with E-state index in [2.05, 4.69) is 237 Å². The predicted octanol–water partition coefficient (Wildman–Crippen LogP) is 17.8. The van der Waals surface area contributed by atoms with E-state index < -0.39 is 5.41 Å². The van der Waals surface area contributed by atoms with Gasteiger partial charge in [0.05, 0.1) is 11.1 Å². The fourth-order valence-electron chi connectivity index (χ4n) is 12.6. The van der Waals surface area contributed by atoms with Crippen molar-refractivity contribution < 1.29 is 9.15 Å². The Balaban J connectivity index is 0.906. The van der Waals surface area contributed by atoms with E-state index in [4.69, 9.17) is 9.15 Å². The van der Waals surface area contributed by atoms with Gasteiger partial charge < -0.3 is 14.1 Å². The van der Waals surface area contributed by atoms with Crippen molar-refractivity contribution in [3.05, 3.63) is 258 Å². The minimum atomic E-state index is -0.587. The lowest BCUT2D eigenvalue weighted by molar-refractivity contribution is 0.447. The highest BCUT2D eigenvalue weighted by Gasteiger charge is 2.52. The molecule has 1 aromatic heterocycles. The number of benzene rings is 11. The largest absolute Gasteiger partial charge is 0.456 e. The highest BCUT2D eigenvalue weighted by Crippen LogP contribution is 2.64. The molecule has 0 atom stereocenters. The number of anilines is 3. The lowest BCUT2D eigenvalue weighted by Gasteiger charge is -2.40. The zero-order valence-electron chi connectivity index (χ0n) is 38.1. The Kier molecular flexibility index (Phi) is 7.77.